The van der Waals surface area contributed by atoms with Gasteiger partial charge in [0, 0.05) is 15.6 Å². The zero-order chi connectivity index (χ0) is 17.8. The van der Waals surface area contributed by atoms with Crippen molar-refractivity contribution in [2.24, 2.45) is 0 Å². The second-order valence-corrected chi connectivity index (χ2v) is 6.57. The van der Waals surface area contributed by atoms with Gasteiger partial charge in [-0.1, -0.05) is 57.9 Å². The third kappa shape index (κ3) is 3.72. The van der Waals surface area contributed by atoms with Crippen LogP contribution in [0.1, 0.15) is 18.1 Å². The first-order chi connectivity index (χ1) is 12.1. The van der Waals surface area contributed by atoms with Gasteiger partial charge >= 0.3 is 0 Å². The van der Waals surface area contributed by atoms with Gasteiger partial charge in [-0.05, 0) is 37.6 Å². The quantitative estimate of drug-likeness (QED) is 0.566. The molecule has 0 unspecified atom stereocenters. The number of aryl methyl sites for hydroxylation is 1. The minimum absolute atomic E-state index is 0.376. The Hall–Kier alpha value is -2.64. The topological polar surface area (TPSA) is 45.9 Å². The average molecular weight is 393 g/mol. The zero-order valence-corrected chi connectivity index (χ0v) is 15.7. The molecule has 0 aliphatic heterocycles. The number of halogens is 1. The van der Waals surface area contributed by atoms with Gasteiger partial charge < -0.3 is 4.74 Å². The van der Waals surface area contributed by atoms with Crippen molar-refractivity contribution in [3.63, 3.8) is 0 Å². The molecule has 0 N–H and O–H groups in total. The van der Waals surface area contributed by atoms with E-state index in [1.165, 1.54) is 5.56 Å². The van der Waals surface area contributed by atoms with Crippen LogP contribution in [0.3, 0.4) is 0 Å². The lowest BCUT2D eigenvalue weighted by Gasteiger charge is -2.13. The van der Waals surface area contributed by atoms with Crippen LogP contribution in [0.2, 0.25) is 0 Å². The second-order valence-electron chi connectivity index (χ2n) is 5.65. The van der Waals surface area contributed by atoms with Crippen LogP contribution in [-0.2, 0) is 0 Å². The normalized spacial score (nSPS) is 10.3. The first-order valence-corrected chi connectivity index (χ1v) is 8.82. The van der Waals surface area contributed by atoms with E-state index in [-0.39, 0.29) is 0 Å². The Bertz CT molecular complexity index is 926. The van der Waals surface area contributed by atoms with Gasteiger partial charge in [-0.15, -0.1) is 0 Å². The van der Waals surface area contributed by atoms with E-state index in [4.69, 9.17) is 4.74 Å². The molecule has 0 spiro atoms. The standard InChI is InChI=1S/C21H17BrN2O/c1-3-25-21-19(13-23)18(15-6-4-14(2)5-7-15)12-20(24-21)16-8-10-17(22)11-9-16/h4-12H,3H2,1-2H3. The second kappa shape index (κ2) is 7.50. The maximum absolute atomic E-state index is 9.66. The summed E-state index contributed by atoms with van der Waals surface area (Å²) in [6.07, 6.45) is 0. The highest BCUT2D eigenvalue weighted by Gasteiger charge is 2.16. The molecule has 0 amide bonds. The third-order valence-corrected chi connectivity index (χ3v) is 4.41. The zero-order valence-electron chi connectivity index (χ0n) is 14.1. The number of hydrogen-bond donors (Lipinski definition) is 0. The molecule has 3 aromatic rings. The van der Waals surface area contributed by atoms with E-state index in [9.17, 15) is 5.26 Å². The van der Waals surface area contributed by atoms with Crippen LogP contribution in [0.4, 0.5) is 0 Å². The predicted molar refractivity (Wildman–Crippen MR) is 103 cm³/mol. The van der Waals surface area contributed by atoms with Crippen LogP contribution in [-0.4, -0.2) is 11.6 Å². The van der Waals surface area contributed by atoms with Crippen molar-refractivity contribution in [1.29, 1.82) is 5.26 Å². The van der Waals surface area contributed by atoms with E-state index < -0.39 is 0 Å². The average Bonchev–Trinajstić information content (AvgIpc) is 2.62. The van der Waals surface area contributed by atoms with E-state index in [2.05, 4.69) is 27.0 Å². The Labute approximate surface area is 156 Å². The number of nitrogens with zero attached hydrogens (tertiary/aromatic N) is 2. The van der Waals surface area contributed by atoms with Gasteiger partial charge in [-0.3, -0.25) is 0 Å². The molecule has 3 nitrogen and oxygen atoms in total. The van der Waals surface area contributed by atoms with E-state index >= 15 is 0 Å². The molecule has 1 heterocycles. The summed E-state index contributed by atoms with van der Waals surface area (Å²) in [5.74, 6) is 0.376. The summed E-state index contributed by atoms with van der Waals surface area (Å²) in [6, 6.07) is 20.3. The molecule has 2 aromatic carbocycles. The highest BCUT2D eigenvalue weighted by Crippen LogP contribution is 2.33. The minimum Gasteiger partial charge on any atom is -0.477 e. The maximum Gasteiger partial charge on any atom is 0.232 e. The first kappa shape index (κ1) is 17.2. The fourth-order valence-electron chi connectivity index (χ4n) is 2.60. The molecule has 3 rings (SSSR count). The van der Waals surface area contributed by atoms with E-state index in [0.717, 1.165) is 26.9 Å². The predicted octanol–water partition coefficient (Wildman–Crippen LogP) is 5.76. The molecule has 0 fully saturated rings. The lowest BCUT2D eigenvalue weighted by atomic mass is 9.98. The molecule has 4 heteroatoms. The number of aromatic nitrogens is 1. The molecule has 0 aliphatic carbocycles. The van der Waals surface area contributed by atoms with Gasteiger partial charge in [-0.2, -0.15) is 5.26 Å². The Kier molecular flexibility index (Phi) is 5.16. The van der Waals surface area contributed by atoms with Gasteiger partial charge in [0.15, 0.2) is 0 Å². The minimum atomic E-state index is 0.376. The van der Waals surface area contributed by atoms with Crippen molar-refractivity contribution in [1.82, 2.24) is 4.98 Å². The molecule has 0 bridgehead atoms. The fourth-order valence-corrected chi connectivity index (χ4v) is 2.86. The molecule has 0 saturated heterocycles. The Morgan fingerprint density at radius 1 is 1.04 bits per heavy atom. The number of ether oxygens (including phenoxy) is 1. The van der Waals surface area contributed by atoms with Crippen LogP contribution in [0, 0.1) is 18.3 Å². The van der Waals surface area contributed by atoms with E-state index in [1.807, 2.05) is 68.4 Å². The van der Waals surface area contributed by atoms with Gasteiger partial charge in [0.2, 0.25) is 5.88 Å². The smallest absolute Gasteiger partial charge is 0.232 e. The summed E-state index contributed by atoms with van der Waals surface area (Å²) >= 11 is 3.45. The van der Waals surface area contributed by atoms with Crippen LogP contribution >= 0.6 is 15.9 Å². The van der Waals surface area contributed by atoms with Crippen molar-refractivity contribution >= 4 is 15.9 Å². The molecule has 124 valence electrons. The summed E-state index contributed by atoms with van der Waals surface area (Å²) in [6.45, 7) is 4.39. The monoisotopic (exact) mass is 392 g/mol. The van der Waals surface area contributed by atoms with E-state index in [1.54, 1.807) is 0 Å². The van der Waals surface area contributed by atoms with Gasteiger partial charge in [0.1, 0.15) is 11.6 Å². The molecular weight excluding hydrogens is 376 g/mol. The molecule has 25 heavy (non-hydrogen) atoms. The highest BCUT2D eigenvalue weighted by molar-refractivity contribution is 9.10. The summed E-state index contributed by atoms with van der Waals surface area (Å²) in [7, 11) is 0. The van der Waals surface area contributed by atoms with Crippen LogP contribution in [0.25, 0.3) is 22.4 Å². The van der Waals surface area contributed by atoms with Gasteiger partial charge in [-0.25, -0.2) is 4.98 Å². The SMILES string of the molecule is CCOc1nc(-c2ccc(Br)cc2)cc(-c2ccc(C)cc2)c1C#N. The van der Waals surface area contributed by atoms with Gasteiger partial charge in [0.25, 0.3) is 0 Å². The number of benzene rings is 2. The molecular formula is C21H17BrN2O. The van der Waals surface area contributed by atoms with Crippen molar-refractivity contribution in [3.05, 3.63) is 70.2 Å². The fraction of sp³-hybridized carbons (Fsp3) is 0.143. The van der Waals surface area contributed by atoms with Crippen molar-refractivity contribution in [2.75, 3.05) is 6.61 Å². The first-order valence-electron chi connectivity index (χ1n) is 8.03. The Balaban J connectivity index is 2.22. The number of pyridine rings is 1. The van der Waals surface area contributed by atoms with Crippen molar-refractivity contribution in [2.45, 2.75) is 13.8 Å². The molecule has 0 saturated carbocycles. The van der Waals surface area contributed by atoms with Crippen molar-refractivity contribution < 1.29 is 4.74 Å². The summed E-state index contributed by atoms with van der Waals surface area (Å²) in [5.41, 5.74) is 5.20. The molecule has 1 aromatic heterocycles. The Morgan fingerprint density at radius 2 is 1.68 bits per heavy atom. The lowest BCUT2D eigenvalue weighted by Crippen LogP contribution is -2.01. The molecule has 0 atom stereocenters. The number of nitriles is 1. The van der Waals surface area contributed by atoms with Crippen molar-refractivity contribution in [3.8, 4) is 34.3 Å². The number of rotatable bonds is 4. The summed E-state index contributed by atoms with van der Waals surface area (Å²) in [4.78, 5) is 4.58. The van der Waals surface area contributed by atoms with Gasteiger partial charge in [0.05, 0.1) is 12.3 Å². The Morgan fingerprint density at radius 3 is 2.28 bits per heavy atom. The molecule has 0 aliphatic rings. The summed E-state index contributed by atoms with van der Waals surface area (Å²) in [5, 5.41) is 9.66. The molecule has 0 radical (unpaired) electrons. The lowest BCUT2D eigenvalue weighted by molar-refractivity contribution is 0.326. The third-order valence-electron chi connectivity index (χ3n) is 3.88. The summed E-state index contributed by atoms with van der Waals surface area (Å²) < 4.78 is 6.66. The van der Waals surface area contributed by atoms with E-state index in [0.29, 0.717) is 18.1 Å². The van der Waals surface area contributed by atoms with Crippen LogP contribution in [0.15, 0.2) is 59.1 Å². The van der Waals surface area contributed by atoms with Crippen LogP contribution < -0.4 is 4.74 Å². The number of hydrogen-bond acceptors (Lipinski definition) is 3. The highest BCUT2D eigenvalue weighted by atomic mass is 79.9. The van der Waals surface area contributed by atoms with Crippen LogP contribution in [0.5, 0.6) is 5.88 Å². The maximum atomic E-state index is 9.66. The largest absolute Gasteiger partial charge is 0.477 e.